The number of nitrogens with zero attached hydrogens (tertiary/aromatic N) is 3. The third kappa shape index (κ3) is 3.17. The summed E-state index contributed by atoms with van der Waals surface area (Å²) in [5.41, 5.74) is 4.33. The Hall–Kier alpha value is -2.46. The molecule has 0 spiro atoms. The summed E-state index contributed by atoms with van der Waals surface area (Å²) in [4.78, 5) is 4.36. The van der Waals surface area contributed by atoms with Crippen LogP contribution < -0.4 is 5.32 Å². The fourth-order valence-electron chi connectivity index (χ4n) is 2.20. The number of aromatic nitrogens is 3. The maximum Gasteiger partial charge on any atom is 0.0679 e. The third-order valence-electron chi connectivity index (χ3n) is 3.31. The van der Waals surface area contributed by atoms with E-state index in [0.29, 0.717) is 0 Å². The van der Waals surface area contributed by atoms with Gasteiger partial charge < -0.3 is 5.32 Å². The van der Waals surface area contributed by atoms with Crippen molar-refractivity contribution in [2.24, 2.45) is 0 Å². The van der Waals surface area contributed by atoms with Crippen molar-refractivity contribution >= 4 is 0 Å². The second-order valence-electron chi connectivity index (χ2n) is 4.83. The van der Waals surface area contributed by atoms with Crippen molar-refractivity contribution in [1.82, 2.24) is 20.1 Å². The highest BCUT2D eigenvalue weighted by molar-refractivity contribution is 5.61. The average Bonchev–Trinajstić information content (AvgIpc) is 3.04. The quantitative estimate of drug-likeness (QED) is 0.780. The van der Waals surface area contributed by atoms with E-state index in [0.717, 1.165) is 30.0 Å². The molecule has 0 atom stereocenters. The second-order valence-corrected chi connectivity index (χ2v) is 4.83. The standard InChI is InChI=1S/C17H18N4/c1-2-18-12-16-10-17(8-9-19-16)21-13-15(11-20-21)14-6-4-3-5-7-14/h3-11,13,18H,2,12H2,1H3. The van der Waals surface area contributed by atoms with E-state index < -0.39 is 0 Å². The maximum absolute atomic E-state index is 4.45. The third-order valence-corrected chi connectivity index (χ3v) is 3.31. The Labute approximate surface area is 124 Å². The lowest BCUT2D eigenvalue weighted by molar-refractivity contribution is 0.708. The molecule has 2 aromatic heterocycles. The van der Waals surface area contributed by atoms with Crippen LogP contribution in [0.4, 0.5) is 0 Å². The summed E-state index contributed by atoms with van der Waals surface area (Å²) in [6, 6.07) is 14.3. The van der Waals surface area contributed by atoms with Crippen LogP contribution in [0.3, 0.4) is 0 Å². The Morgan fingerprint density at radius 2 is 1.95 bits per heavy atom. The van der Waals surface area contributed by atoms with Gasteiger partial charge in [-0.15, -0.1) is 0 Å². The molecule has 2 heterocycles. The van der Waals surface area contributed by atoms with Gasteiger partial charge in [-0.05, 0) is 24.2 Å². The van der Waals surface area contributed by atoms with Crippen LogP contribution in [-0.2, 0) is 6.54 Å². The highest BCUT2D eigenvalue weighted by atomic mass is 15.3. The summed E-state index contributed by atoms with van der Waals surface area (Å²) in [5, 5.41) is 7.73. The normalized spacial score (nSPS) is 10.7. The van der Waals surface area contributed by atoms with Gasteiger partial charge in [0.15, 0.2) is 0 Å². The van der Waals surface area contributed by atoms with Crippen molar-refractivity contribution in [2.45, 2.75) is 13.5 Å². The summed E-state index contributed by atoms with van der Waals surface area (Å²) in [6.07, 6.45) is 5.76. The average molecular weight is 278 g/mol. The first kappa shape index (κ1) is 13.5. The number of pyridine rings is 1. The second kappa shape index (κ2) is 6.33. The van der Waals surface area contributed by atoms with E-state index >= 15 is 0 Å². The van der Waals surface area contributed by atoms with Gasteiger partial charge in [0.25, 0.3) is 0 Å². The Morgan fingerprint density at radius 3 is 2.76 bits per heavy atom. The number of benzene rings is 1. The molecule has 0 aliphatic rings. The van der Waals surface area contributed by atoms with Crippen molar-refractivity contribution in [3.63, 3.8) is 0 Å². The van der Waals surface area contributed by atoms with Crippen molar-refractivity contribution in [3.05, 3.63) is 66.7 Å². The molecule has 4 heteroatoms. The van der Waals surface area contributed by atoms with Gasteiger partial charge in [-0.1, -0.05) is 37.3 Å². The first-order valence-electron chi connectivity index (χ1n) is 7.13. The summed E-state index contributed by atoms with van der Waals surface area (Å²) in [5.74, 6) is 0. The number of nitrogens with one attached hydrogen (secondary N) is 1. The van der Waals surface area contributed by atoms with Gasteiger partial charge in [0.1, 0.15) is 0 Å². The van der Waals surface area contributed by atoms with Crippen LogP contribution in [0.25, 0.3) is 16.8 Å². The van der Waals surface area contributed by atoms with Crippen molar-refractivity contribution in [2.75, 3.05) is 6.54 Å². The zero-order valence-electron chi connectivity index (χ0n) is 12.0. The van der Waals surface area contributed by atoms with Gasteiger partial charge in [-0.25, -0.2) is 4.68 Å². The molecule has 0 unspecified atom stereocenters. The van der Waals surface area contributed by atoms with Gasteiger partial charge in [-0.2, -0.15) is 5.10 Å². The lowest BCUT2D eigenvalue weighted by Gasteiger charge is -2.05. The molecule has 0 aliphatic heterocycles. The SMILES string of the molecule is CCNCc1cc(-n2cc(-c3ccccc3)cn2)ccn1. The summed E-state index contributed by atoms with van der Waals surface area (Å²) >= 11 is 0. The van der Waals surface area contributed by atoms with Crippen molar-refractivity contribution in [1.29, 1.82) is 0 Å². The minimum atomic E-state index is 0.775. The van der Waals surface area contributed by atoms with E-state index in [1.807, 2.05) is 47.5 Å². The topological polar surface area (TPSA) is 42.7 Å². The molecule has 0 radical (unpaired) electrons. The minimum Gasteiger partial charge on any atom is -0.311 e. The first-order chi connectivity index (χ1) is 10.4. The number of hydrogen-bond donors (Lipinski definition) is 1. The monoisotopic (exact) mass is 278 g/mol. The molecule has 0 aliphatic carbocycles. The highest BCUT2D eigenvalue weighted by Gasteiger charge is 2.04. The van der Waals surface area contributed by atoms with Crippen LogP contribution in [0, 0.1) is 0 Å². The summed E-state index contributed by atoms with van der Waals surface area (Å²) < 4.78 is 1.89. The lowest BCUT2D eigenvalue weighted by Crippen LogP contribution is -2.13. The Morgan fingerprint density at radius 1 is 1.10 bits per heavy atom. The largest absolute Gasteiger partial charge is 0.311 e. The fourth-order valence-corrected chi connectivity index (χ4v) is 2.20. The predicted octanol–water partition coefficient (Wildman–Crippen LogP) is 3.04. The van der Waals surface area contributed by atoms with E-state index in [1.165, 1.54) is 5.56 Å². The van der Waals surface area contributed by atoms with Crippen molar-refractivity contribution < 1.29 is 0 Å². The molecule has 3 rings (SSSR count). The molecule has 21 heavy (non-hydrogen) atoms. The summed E-state index contributed by atoms with van der Waals surface area (Å²) in [7, 11) is 0. The molecular weight excluding hydrogens is 260 g/mol. The minimum absolute atomic E-state index is 0.775. The van der Waals surface area contributed by atoms with Gasteiger partial charge in [-0.3, -0.25) is 4.98 Å². The highest BCUT2D eigenvalue weighted by Crippen LogP contribution is 2.19. The van der Waals surface area contributed by atoms with Crippen LogP contribution in [-0.4, -0.2) is 21.3 Å². The van der Waals surface area contributed by atoms with E-state index in [-0.39, 0.29) is 0 Å². The van der Waals surface area contributed by atoms with Crippen LogP contribution in [0.1, 0.15) is 12.6 Å². The first-order valence-corrected chi connectivity index (χ1v) is 7.13. The summed E-state index contributed by atoms with van der Waals surface area (Å²) in [6.45, 7) is 3.80. The number of rotatable bonds is 5. The Balaban J connectivity index is 1.86. The van der Waals surface area contributed by atoms with Gasteiger partial charge in [0, 0.05) is 24.5 Å². The van der Waals surface area contributed by atoms with Crippen LogP contribution in [0.2, 0.25) is 0 Å². The molecule has 0 saturated heterocycles. The zero-order valence-corrected chi connectivity index (χ0v) is 12.0. The molecule has 0 saturated carbocycles. The molecular formula is C17H18N4. The van der Waals surface area contributed by atoms with Gasteiger partial charge >= 0.3 is 0 Å². The molecule has 1 aromatic carbocycles. The molecule has 106 valence electrons. The van der Waals surface area contributed by atoms with Crippen LogP contribution in [0.15, 0.2) is 61.1 Å². The molecule has 3 aromatic rings. The predicted molar refractivity (Wildman–Crippen MR) is 84.2 cm³/mol. The lowest BCUT2D eigenvalue weighted by atomic mass is 10.1. The fraction of sp³-hybridized carbons (Fsp3) is 0.176. The molecule has 0 bridgehead atoms. The molecule has 4 nitrogen and oxygen atoms in total. The van der Waals surface area contributed by atoms with Crippen molar-refractivity contribution in [3.8, 4) is 16.8 Å². The number of hydrogen-bond acceptors (Lipinski definition) is 3. The van der Waals surface area contributed by atoms with Gasteiger partial charge in [0.2, 0.25) is 0 Å². The molecule has 0 amide bonds. The Bertz CT molecular complexity index is 704. The zero-order chi connectivity index (χ0) is 14.5. The van der Waals surface area contributed by atoms with E-state index in [9.17, 15) is 0 Å². The smallest absolute Gasteiger partial charge is 0.0679 e. The molecule has 0 fully saturated rings. The van der Waals surface area contributed by atoms with E-state index in [1.54, 1.807) is 0 Å². The van der Waals surface area contributed by atoms with Gasteiger partial charge in [0.05, 0.1) is 17.6 Å². The van der Waals surface area contributed by atoms with Crippen LogP contribution in [0.5, 0.6) is 0 Å². The molecule has 1 N–H and O–H groups in total. The van der Waals surface area contributed by atoms with E-state index in [4.69, 9.17) is 0 Å². The maximum atomic E-state index is 4.45. The van der Waals surface area contributed by atoms with Crippen LogP contribution >= 0.6 is 0 Å². The Kier molecular flexibility index (Phi) is 4.07. The van der Waals surface area contributed by atoms with E-state index in [2.05, 4.69) is 40.5 Å².